The summed E-state index contributed by atoms with van der Waals surface area (Å²) in [5.74, 6) is 0.867. The molecule has 27 heavy (non-hydrogen) atoms. The highest BCUT2D eigenvalue weighted by Crippen LogP contribution is 2.28. The normalized spacial score (nSPS) is 11.7. The van der Waals surface area contributed by atoms with Crippen LogP contribution in [-0.4, -0.2) is 25.0 Å². The molecule has 0 heterocycles. The zero-order valence-corrected chi connectivity index (χ0v) is 16.6. The summed E-state index contributed by atoms with van der Waals surface area (Å²) >= 11 is 0. The molecule has 1 unspecified atom stereocenters. The number of unbranched alkanes of at least 4 members (excludes halogenated alkanes) is 1. The zero-order chi connectivity index (χ0) is 19.6. The van der Waals surface area contributed by atoms with E-state index in [0.29, 0.717) is 11.5 Å². The van der Waals surface area contributed by atoms with Gasteiger partial charge in [-0.3, -0.25) is 0 Å². The maximum absolute atomic E-state index is 12.3. The third-order valence-electron chi connectivity index (χ3n) is 3.95. The van der Waals surface area contributed by atoms with Crippen LogP contribution in [0, 0.1) is 0 Å². The Hall–Kier alpha value is -2.69. The highest BCUT2D eigenvalue weighted by Gasteiger charge is 2.20. The molecule has 146 valence electrons. The van der Waals surface area contributed by atoms with Gasteiger partial charge in [-0.1, -0.05) is 43.7 Å². The molecule has 2 aromatic carbocycles. The van der Waals surface area contributed by atoms with E-state index in [1.165, 1.54) is 0 Å². The highest BCUT2D eigenvalue weighted by molar-refractivity contribution is 5.66. The van der Waals surface area contributed by atoms with Gasteiger partial charge in [0.15, 0.2) is 17.7 Å². The first kappa shape index (κ1) is 20.6. The van der Waals surface area contributed by atoms with Crippen LogP contribution in [0.2, 0.25) is 0 Å². The minimum atomic E-state index is -0.750. The molecule has 2 aromatic rings. The van der Waals surface area contributed by atoms with Crippen LogP contribution in [0.4, 0.5) is 10.5 Å². The Kier molecular flexibility index (Phi) is 7.99. The van der Waals surface area contributed by atoms with Crippen LogP contribution in [0.25, 0.3) is 0 Å². The second-order valence-electron chi connectivity index (χ2n) is 6.57. The smallest absolute Gasteiger partial charge is 0.487 e. The topological polar surface area (TPSA) is 48.0 Å². The molecule has 0 aliphatic carbocycles. The number of anilines is 1. The molecular weight excluding hydrogens is 342 g/mol. The summed E-state index contributed by atoms with van der Waals surface area (Å²) in [5, 5.41) is 0. The largest absolute Gasteiger partial charge is 0.515 e. The van der Waals surface area contributed by atoms with Gasteiger partial charge in [-0.25, -0.2) is 4.79 Å². The summed E-state index contributed by atoms with van der Waals surface area (Å²) in [6.07, 6.45) is 0.833. The maximum atomic E-state index is 12.3. The Morgan fingerprint density at radius 3 is 2.22 bits per heavy atom. The van der Waals surface area contributed by atoms with Gasteiger partial charge in [0.25, 0.3) is 0 Å². The van der Waals surface area contributed by atoms with E-state index in [4.69, 9.17) is 14.2 Å². The second kappa shape index (κ2) is 10.5. The molecule has 0 saturated carbocycles. The predicted octanol–water partition coefficient (Wildman–Crippen LogP) is 5.64. The van der Waals surface area contributed by atoms with E-state index in [-0.39, 0.29) is 6.10 Å². The summed E-state index contributed by atoms with van der Waals surface area (Å²) in [5.41, 5.74) is 1.01. The molecule has 1 atom stereocenters. The summed E-state index contributed by atoms with van der Waals surface area (Å²) in [6.45, 7) is 8.61. The third-order valence-corrected chi connectivity index (χ3v) is 3.95. The second-order valence-corrected chi connectivity index (χ2v) is 6.57. The third kappa shape index (κ3) is 6.51. The number of rotatable bonds is 9. The van der Waals surface area contributed by atoms with Crippen molar-refractivity contribution in [2.24, 2.45) is 0 Å². The number of ether oxygens (including phenoxy) is 3. The van der Waals surface area contributed by atoms with Crippen molar-refractivity contribution in [2.45, 2.75) is 52.9 Å². The number of nitrogens with zero attached hydrogens (tertiary/aromatic N) is 1. The molecular formula is C22H29NO4. The van der Waals surface area contributed by atoms with Gasteiger partial charge in [0.1, 0.15) is 0 Å². The molecule has 5 nitrogen and oxygen atoms in total. The molecule has 0 bridgehead atoms. The first-order valence-corrected chi connectivity index (χ1v) is 9.47. The van der Waals surface area contributed by atoms with Gasteiger partial charge < -0.3 is 19.1 Å². The quantitative estimate of drug-likeness (QED) is 0.324. The molecule has 0 radical (unpaired) electrons. The molecule has 0 amide bonds. The number of carbonyl (C=O) groups is 1. The summed E-state index contributed by atoms with van der Waals surface area (Å²) < 4.78 is 16.6. The first-order valence-electron chi connectivity index (χ1n) is 9.47. The van der Waals surface area contributed by atoms with Crippen molar-refractivity contribution in [3.63, 3.8) is 0 Å². The molecule has 0 aliphatic rings. The lowest BCUT2D eigenvalue weighted by Crippen LogP contribution is -2.38. The Balaban J connectivity index is 2.05. The van der Waals surface area contributed by atoms with Crippen LogP contribution in [0.3, 0.4) is 0 Å². The average molecular weight is 371 g/mol. The Labute approximate surface area is 161 Å². The fraction of sp³-hybridized carbons (Fsp3) is 0.409. The summed E-state index contributed by atoms with van der Waals surface area (Å²) in [6, 6.07) is 17.0. The molecule has 0 fully saturated rings. The summed E-state index contributed by atoms with van der Waals surface area (Å²) in [7, 11) is 0. The number of carbonyl (C=O) groups excluding carboxylic acids is 1. The van der Waals surface area contributed by atoms with E-state index >= 15 is 0 Å². The Bertz CT molecular complexity index is 702. The lowest BCUT2D eigenvalue weighted by atomic mass is 10.2. The van der Waals surface area contributed by atoms with Crippen molar-refractivity contribution < 1.29 is 19.0 Å². The lowest BCUT2D eigenvalue weighted by Gasteiger charge is -2.30. The van der Waals surface area contributed by atoms with Crippen LogP contribution >= 0.6 is 0 Å². The number of hydrogen-bond acceptors (Lipinski definition) is 5. The van der Waals surface area contributed by atoms with Gasteiger partial charge in [0.05, 0.1) is 6.10 Å². The van der Waals surface area contributed by atoms with E-state index in [0.717, 1.165) is 25.1 Å². The van der Waals surface area contributed by atoms with Gasteiger partial charge in [0.2, 0.25) is 0 Å². The van der Waals surface area contributed by atoms with Crippen LogP contribution in [0.15, 0.2) is 54.6 Å². The van der Waals surface area contributed by atoms with E-state index in [1.54, 1.807) is 18.2 Å². The molecule has 0 saturated heterocycles. The van der Waals surface area contributed by atoms with E-state index < -0.39 is 12.4 Å². The van der Waals surface area contributed by atoms with E-state index in [2.05, 4.69) is 11.8 Å². The number of benzene rings is 2. The first-order chi connectivity index (χ1) is 13.0. The van der Waals surface area contributed by atoms with Gasteiger partial charge >= 0.3 is 6.16 Å². The van der Waals surface area contributed by atoms with Crippen molar-refractivity contribution in [3.05, 3.63) is 54.6 Å². The van der Waals surface area contributed by atoms with Gasteiger partial charge in [-0.15, -0.1) is 0 Å². The Morgan fingerprint density at radius 1 is 0.963 bits per heavy atom. The van der Waals surface area contributed by atoms with Gasteiger partial charge in [-0.05, 0) is 51.5 Å². The average Bonchev–Trinajstić information content (AvgIpc) is 2.64. The van der Waals surface area contributed by atoms with Crippen molar-refractivity contribution in [2.75, 3.05) is 11.4 Å². The predicted molar refractivity (Wildman–Crippen MR) is 107 cm³/mol. The molecule has 0 spiro atoms. The monoisotopic (exact) mass is 371 g/mol. The van der Waals surface area contributed by atoms with Crippen LogP contribution in [0.1, 0.15) is 40.5 Å². The molecule has 0 aliphatic heterocycles. The van der Waals surface area contributed by atoms with E-state index in [1.807, 2.05) is 57.2 Å². The van der Waals surface area contributed by atoms with Crippen LogP contribution < -0.4 is 14.4 Å². The summed E-state index contributed by atoms with van der Waals surface area (Å²) in [4.78, 5) is 14.4. The lowest BCUT2D eigenvalue weighted by molar-refractivity contribution is 0.0625. The van der Waals surface area contributed by atoms with Crippen LogP contribution in [0.5, 0.6) is 11.5 Å². The van der Waals surface area contributed by atoms with E-state index in [9.17, 15) is 4.79 Å². The molecule has 0 aromatic heterocycles. The van der Waals surface area contributed by atoms with Crippen molar-refractivity contribution in [1.29, 1.82) is 0 Å². The SMILES string of the molecule is CCCCN(c1ccccc1)C(C)OC(=O)Oc1ccccc1OC(C)C. The molecule has 2 rings (SSSR count). The number of para-hydroxylation sites is 3. The highest BCUT2D eigenvalue weighted by atomic mass is 16.7. The fourth-order valence-electron chi connectivity index (χ4n) is 2.67. The fourth-order valence-corrected chi connectivity index (χ4v) is 2.67. The minimum absolute atomic E-state index is 0.0210. The van der Waals surface area contributed by atoms with Gasteiger partial charge in [0, 0.05) is 12.2 Å². The standard InChI is InChI=1S/C22H29NO4/c1-5-6-16-23(19-12-8-7-9-13-19)18(4)26-22(24)27-21-15-11-10-14-20(21)25-17(2)3/h7-15,17-18H,5-6,16H2,1-4H3. The maximum Gasteiger partial charge on any atom is 0.515 e. The Morgan fingerprint density at radius 2 is 1.59 bits per heavy atom. The zero-order valence-electron chi connectivity index (χ0n) is 16.6. The molecule has 5 heteroatoms. The minimum Gasteiger partial charge on any atom is -0.487 e. The van der Waals surface area contributed by atoms with Crippen molar-refractivity contribution in [1.82, 2.24) is 0 Å². The van der Waals surface area contributed by atoms with Crippen LogP contribution in [-0.2, 0) is 4.74 Å². The van der Waals surface area contributed by atoms with Crippen molar-refractivity contribution in [3.8, 4) is 11.5 Å². The van der Waals surface area contributed by atoms with Crippen molar-refractivity contribution >= 4 is 11.8 Å². The number of hydrogen-bond donors (Lipinski definition) is 0. The molecule has 0 N–H and O–H groups in total. The van der Waals surface area contributed by atoms with Gasteiger partial charge in [-0.2, -0.15) is 0 Å².